The number of nitrogens with zero attached hydrogens (tertiary/aromatic N) is 2. The fraction of sp³-hybridized carbons (Fsp3) is 0.481. The highest BCUT2D eigenvalue weighted by atomic mass is 35.5. The second-order valence-electron chi connectivity index (χ2n) is 9.53. The van der Waals surface area contributed by atoms with Crippen molar-refractivity contribution in [1.29, 1.82) is 0 Å². The molecule has 0 heterocycles. The highest BCUT2D eigenvalue weighted by molar-refractivity contribution is 7.92. The van der Waals surface area contributed by atoms with Crippen LogP contribution in [0, 0.1) is 6.92 Å². The van der Waals surface area contributed by atoms with Gasteiger partial charge in [-0.2, -0.15) is 0 Å². The Hall–Kier alpha value is -2.58. The Morgan fingerprint density at radius 3 is 2.33 bits per heavy atom. The van der Waals surface area contributed by atoms with E-state index in [0.717, 1.165) is 43.1 Å². The molecule has 1 saturated carbocycles. The van der Waals surface area contributed by atoms with Gasteiger partial charge in [0.25, 0.3) is 0 Å². The van der Waals surface area contributed by atoms with Crippen LogP contribution in [-0.2, 0) is 26.2 Å². The fourth-order valence-electron chi connectivity index (χ4n) is 4.56. The average molecular weight is 534 g/mol. The number of aryl methyl sites for hydroxylation is 1. The highest BCUT2D eigenvalue weighted by Gasteiger charge is 2.29. The van der Waals surface area contributed by atoms with Crippen molar-refractivity contribution in [2.24, 2.45) is 0 Å². The molecule has 0 radical (unpaired) electrons. The number of benzene rings is 2. The molecule has 0 spiro atoms. The van der Waals surface area contributed by atoms with Crippen LogP contribution in [0.2, 0.25) is 5.02 Å². The molecule has 196 valence electrons. The van der Waals surface area contributed by atoms with Gasteiger partial charge >= 0.3 is 0 Å². The van der Waals surface area contributed by atoms with Crippen molar-refractivity contribution in [3.05, 3.63) is 64.7 Å². The number of rotatable bonds is 11. The maximum absolute atomic E-state index is 13.4. The summed E-state index contributed by atoms with van der Waals surface area (Å²) < 4.78 is 26.1. The third-order valence-corrected chi connectivity index (χ3v) is 8.18. The van der Waals surface area contributed by atoms with Gasteiger partial charge in [-0.3, -0.25) is 13.9 Å². The van der Waals surface area contributed by atoms with Gasteiger partial charge < -0.3 is 10.2 Å². The molecule has 9 heteroatoms. The minimum absolute atomic E-state index is 0.118. The van der Waals surface area contributed by atoms with Gasteiger partial charge in [0.1, 0.15) is 6.04 Å². The molecule has 0 unspecified atom stereocenters. The van der Waals surface area contributed by atoms with Crippen molar-refractivity contribution in [3.8, 4) is 0 Å². The normalized spacial score (nSPS) is 14.9. The summed E-state index contributed by atoms with van der Waals surface area (Å²) in [5, 5.41) is 3.62. The van der Waals surface area contributed by atoms with Crippen LogP contribution in [0.1, 0.15) is 56.6 Å². The number of halogens is 1. The summed E-state index contributed by atoms with van der Waals surface area (Å²) in [5.74, 6) is -0.334. The molecule has 2 aromatic carbocycles. The molecule has 0 aliphatic heterocycles. The first-order chi connectivity index (χ1) is 17.1. The molecule has 1 aliphatic carbocycles. The van der Waals surface area contributed by atoms with Gasteiger partial charge in [0.05, 0.1) is 11.9 Å². The first-order valence-corrected chi connectivity index (χ1v) is 14.7. The minimum Gasteiger partial charge on any atom is -0.352 e. The molecule has 36 heavy (non-hydrogen) atoms. The molecule has 2 amide bonds. The Balaban J connectivity index is 1.72. The smallest absolute Gasteiger partial charge is 0.242 e. The van der Waals surface area contributed by atoms with Crippen molar-refractivity contribution < 1.29 is 18.0 Å². The number of anilines is 1. The Labute approximate surface area is 219 Å². The van der Waals surface area contributed by atoms with Gasteiger partial charge in [0.2, 0.25) is 21.8 Å². The van der Waals surface area contributed by atoms with Gasteiger partial charge in [0, 0.05) is 30.6 Å². The third-order valence-electron chi connectivity index (χ3n) is 6.74. The maximum Gasteiger partial charge on any atom is 0.242 e. The van der Waals surface area contributed by atoms with E-state index in [1.807, 2.05) is 31.2 Å². The molecule has 2 aromatic rings. The van der Waals surface area contributed by atoms with Gasteiger partial charge in [-0.15, -0.1) is 0 Å². The van der Waals surface area contributed by atoms with Crippen LogP contribution in [0.5, 0.6) is 0 Å². The Bertz CT molecular complexity index is 1150. The van der Waals surface area contributed by atoms with Crippen LogP contribution in [0.3, 0.4) is 0 Å². The Kier molecular flexibility index (Phi) is 9.79. The van der Waals surface area contributed by atoms with Gasteiger partial charge in [-0.05, 0) is 68.5 Å². The van der Waals surface area contributed by atoms with E-state index in [9.17, 15) is 18.0 Å². The first-order valence-electron chi connectivity index (χ1n) is 12.4. The second-order valence-corrected chi connectivity index (χ2v) is 11.9. The molecule has 0 aromatic heterocycles. The Morgan fingerprint density at radius 1 is 1.08 bits per heavy atom. The van der Waals surface area contributed by atoms with E-state index in [2.05, 4.69) is 5.32 Å². The standard InChI is InChI=1S/C27H36ClN3O4S/c1-20-9-4-5-10-22(20)19-30(21(2)27(33)29-24-11-6-7-12-24)26(32)13-8-18-31(36(3,34)35)25-16-14-23(28)15-17-25/h4-5,9-10,14-17,21,24H,6-8,11-13,18-19H2,1-3H3,(H,29,33)/t21-/m0/s1. The van der Waals surface area contributed by atoms with E-state index in [1.165, 1.54) is 4.31 Å². The summed E-state index contributed by atoms with van der Waals surface area (Å²) in [5.41, 5.74) is 2.52. The number of carbonyl (C=O) groups is 2. The largest absolute Gasteiger partial charge is 0.352 e. The van der Waals surface area contributed by atoms with E-state index >= 15 is 0 Å². The average Bonchev–Trinajstić information content (AvgIpc) is 3.34. The fourth-order valence-corrected chi connectivity index (χ4v) is 5.65. The van der Waals surface area contributed by atoms with E-state index in [1.54, 1.807) is 36.1 Å². The van der Waals surface area contributed by atoms with Gasteiger partial charge in [0.15, 0.2) is 0 Å². The van der Waals surface area contributed by atoms with E-state index in [4.69, 9.17) is 11.6 Å². The predicted molar refractivity (Wildman–Crippen MR) is 144 cm³/mol. The van der Waals surface area contributed by atoms with Crippen molar-refractivity contribution in [3.63, 3.8) is 0 Å². The van der Waals surface area contributed by atoms with Crippen LogP contribution >= 0.6 is 11.6 Å². The van der Waals surface area contributed by atoms with Crippen LogP contribution in [0.15, 0.2) is 48.5 Å². The lowest BCUT2D eigenvalue weighted by atomic mass is 10.1. The number of hydrogen-bond acceptors (Lipinski definition) is 4. The quantitative estimate of drug-likeness (QED) is 0.454. The van der Waals surface area contributed by atoms with Crippen LogP contribution in [-0.4, -0.2) is 50.0 Å². The zero-order valence-electron chi connectivity index (χ0n) is 21.2. The summed E-state index contributed by atoms with van der Waals surface area (Å²) in [4.78, 5) is 28.1. The molecule has 1 fully saturated rings. The molecular formula is C27H36ClN3O4S. The zero-order chi connectivity index (χ0) is 26.3. The molecule has 7 nitrogen and oxygen atoms in total. The second kappa shape index (κ2) is 12.6. The number of nitrogens with one attached hydrogen (secondary N) is 1. The van der Waals surface area contributed by atoms with E-state index in [-0.39, 0.29) is 30.8 Å². The molecule has 0 bridgehead atoms. The summed E-state index contributed by atoms with van der Waals surface area (Å²) in [6, 6.07) is 13.9. The number of sulfonamides is 1. The SMILES string of the molecule is Cc1ccccc1CN(C(=O)CCCN(c1ccc(Cl)cc1)S(C)(=O)=O)[C@@H](C)C(=O)NC1CCCC1. The van der Waals surface area contributed by atoms with Crippen molar-refractivity contribution >= 4 is 39.1 Å². The number of carbonyl (C=O) groups excluding carboxylic acids is 2. The first kappa shape index (κ1) is 28.0. The lowest BCUT2D eigenvalue weighted by Gasteiger charge is -2.30. The topological polar surface area (TPSA) is 86.8 Å². The molecule has 1 aliphatic rings. The molecule has 1 atom stereocenters. The molecule has 1 N–H and O–H groups in total. The Morgan fingerprint density at radius 2 is 1.72 bits per heavy atom. The zero-order valence-corrected chi connectivity index (χ0v) is 22.8. The lowest BCUT2D eigenvalue weighted by molar-refractivity contribution is -0.141. The highest BCUT2D eigenvalue weighted by Crippen LogP contribution is 2.22. The van der Waals surface area contributed by atoms with Crippen LogP contribution in [0.25, 0.3) is 0 Å². The number of hydrogen-bond donors (Lipinski definition) is 1. The van der Waals surface area contributed by atoms with Gasteiger partial charge in [-0.1, -0.05) is 48.7 Å². The van der Waals surface area contributed by atoms with Gasteiger partial charge in [-0.25, -0.2) is 8.42 Å². The van der Waals surface area contributed by atoms with E-state index < -0.39 is 16.1 Å². The monoisotopic (exact) mass is 533 g/mol. The molecular weight excluding hydrogens is 498 g/mol. The van der Waals surface area contributed by atoms with Crippen molar-refractivity contribution in [2.45, 2.75) is 71.0 Å². The minimum atomic E-state index is -3.55. The number of amides is 2. The van der Waals surface area contributed by atoms with Crippen molar-refractivity contribution in [2.75, 3.05) is 17.1 Å². The summed E-state index contributed by atoms with van der Waals surface area (Å²) in [6.07, 6.45) is 5.73. The maximum atomic E-state index is 13.4. The lowest BCUT2D eigenvalue weighted by Crippen LogP contribution is -2.49. The van der Waals surface area contributed by atoms with Crippen LogP contribution in [0.4, 0.5) is 5.69 Å². The summed E-state index contributed by atoms with van der Waals surface area (Å²) >= 11 is 5.95. The summed E-state index contributed by atoms with van der Waals surface area (Å²) in [6.45, 7) is 4.21. The third kappa shape index (κ3) is 7.71. The van der Waals surface area contributed by atoms with Crippen molar-refractivity contribution in [1.82, 2.24) is 10.2 Å². The molecule has 0 saturated heterocycles. The predicted octanol–water partition coefficient (Wildman–Crippen LogP) is 4.67. The molecule has 3 rings (SSSR count). The summed E-state index contributed by atoms with van der Waals surface area (Å²) in [7, 11) is -3.55. The van der Waals surface area contributed by atoms with E-state index in [0.29, 0.717) is 23.7 Å². The van der Waals surface area contributed by atoms with Crippen LogP contribution < -0.4 is 9.62 Å².